The second kappa shape index (κ2) is 7.94. The van der Waals surface area contributed by atoms with Crippen molar-refractivity contribution in [2.45, 2.75) is 18.9 Å². The Morgan fingerprint density at radius 1 is 1.33 bits per heavy atom. The van der Waals surface area contributed by atoms with E-state index in [0.717, 1.165) is 37.3 Å². The van der Waals surface area contributed by atoms with Gasteiger partial charge in [0.15, 0.2) is 0 Å². The number of methoxy groups -OCH3 is 1. The van der Waals surface area contributed by atoms with Crippen LogP contribution in [0.1, 0.15) is 18.9 Å². The lowest BCUT2D eigenvalue weighted by atomic mass is 10.1. The number of hydrogen-bond acceptors (Lipinski definition) is 6. The van der Waals surface area contributed by atoms with Crippen LogP contribution in [0.15, 0.2) is 36.8 Å². The highest BCUT2D eigenvalue weighted by molar-refractivity contribution is 6.32. The highest BCUT2D eigenvalue weighted by Crippen LogP contribution is 2.30. The molecule has 1 radical (unpaired) electrons. The molecular formula is C19H19ClN5O2. The summed E-state index contributed by atoms with van der Waals surface area (Å²) in [5.74, 6) is 1.09. The lowest BCUT2D eigenvalue weighted by Crippen LogP contribution is -2.19. The summed E-state index contributed by atoms with van der Waals surface area (Å²) < 4.78 is 12.7. The minimum absolute atomic E-state index is 0.343. The zero-order chi connectivity index (χ0) is 18.6. The van der Waals surface area contributed by atoms with Gasteiger partial charge in [-0.2, -0.15) is 5.10 Å². The molecule has 3 aromatic rings. The summed E-state index contributed by atoms with van der Waals surface area (Å²) in [6.07, 6.45) is 7.25. The van der Waals surface area contributed by atoms with Crippen molar-refractivity contribution in [2.24, 2.45) is 0 Å². The largest absolute Gasteiger partial charge is 0.495 e. The van der Waals surface area contributed by atoms with Crippen LogP contribution < -0.4 is 10.1 Å². The van der Waals surface area contributed by atoms with E-state index < -0.39 is 0 Å². The Morgan fingerprint density at radius 3 is 3.00 bits per heavy atom. The second-order valence-electron chi connectivity index (χ2n) is 6.19. The lowest BCUT2D eigenvalue weighted by Gasteiger charge is -2.22. The molecule has 1 saturated heterocycles. The van der Waals surface area contributed by atoms with Gasteiger partial charge in [0, 0.05) is 25.0 Å². The van der Waals surface area contributed by atoms with Gasteiger partial charge in [-0.15, -0.1) is 0 Å². The maximum atomic E-state index is 6.35. The highest BCUT2D eigenvalue weighted by Gasteiger charge is 2.18. The van der Waals surface area contributed by atoms with Crippen LogP contribution in [-0.4, -0.2) is 40.1 Å². The van der Waals surface area contributed by atoms with Crippen molar-refractivity contribution in [2.75, 3.05) is 25.6 Å². The molecule has 27 heavy (non-hydrogen) atoms. The first kappa shape index (κ1) is 17.8. The second-order valence-corrected chi connectivity index (χ2v) is 6.60. The fraction of sp³-hybridized carbons (Fsp3) is 0.316. The Labute approximate surface area is 162 Å². The van der Waals surface area contributed by atoms with Crippen molar-refractivity contribution < 1.29 is 9.47 Å². The molecule has 7 nitrogen and oxygen atoms in total. The van der Waals surface area contributed by atoms with Gasteiger partial charge in [-0.1, -0.05) is 17.7 Å². The Kier molecular flexibility index (Phi) is 5.22. The summed E-state index contributed by atoms with van der Waals surface area (Å²) in [5.41, 5.74) is 2.24. The number of halogens is 1. The Morgan fingerprint density at radius 2 is 2.19 bits per heavy atom. The number of benzene rings is 1. The van der Waals surface area contributed by atoms with Crippen LogP contribution in [0.5, 0.6) is 5.75 Å². The summed E-state index contributed by atoms with van der Waals surface area (Å²) >= 11 is 6.35. The number of anilines is 2. The third-order valence-corrected chi connectivity index (χ3v) is 4.75. The number of aromatic nitrogens is 4. The predicted molar refractivity (Wildman–Crippen MR) is 102 cm³/mol. The molecule has 4 rings (SSSR count). The van der Waals surface area contributed by atoms with E-state index in [1.807, 2.05) is 16.9 Å². The van der Waals surface area contributed by atoms with Crippen LogP contribution in [0.4, 0.5) is 11.6 Å². The number of rotatable bonds is 5. The molecule has 1 aliphatic heterocycles. The summed E-state index contributed by atoms with van der Waals surface area (Å²) in [7, 11) is 1.60. The minimum Gasteiger partial charge on any atom is -0.495 e. The number of ether oxygens (including phenoxy) is 2. The highest BCUT2D eigenvalue weighted by atomic mass is 35.5. The quantitative estimate of drug-likeness (QED) is 0.719. The molecule has 8 heteroatoms. The van der Waals surface area contributed by atoms with E-state index in [1.165, 1.54) is 0 Å². The molecule has 0 amide bonds. The molecule has 1 aliphatic rings. The summed E-state index contributed by atoms with van der Waals surface area (Å²) in [6, 6.07) is 8.70. The normalized spacial score (nSPS) is 14.9. The van der Waals surface area contributed by atoms with Crippen molar-refractivity contribution in [3.8, 4) is 17.0 Å². The van der Waals surface area contributed by atoms with Gasteiger partial charge in [-0.3, -0.25) is 4.68 Å². The Balaban J connectivity index is 1.60. The Bertz CT molecular complexity index is 924. The van der Waals surface area contributed by atoms with Crippen LogP contribution in [0, 0.1) is 6.07 Å². The average molecular weight is 385 g/mol. The first-order valence-corrected chi connectivity index (χ1v) is 9.08. The van der Waals surface area contributed by atoms with Crippen molar-refractivity contribution in [1.29, 1.82) is 0 Å². The third-order valence-electron chi connectivity index (χ3n) is 4.48. The van der Waals surface area contributed by atoms with Gasteiger partial charge in [0.05, 0.1) is 41.9 Å². The van der Waals surface area contributed by atoms with Gasteiger partial charge in [0.1, 0.15) is 5.75 Å². The summed E-state index contributed by atoms with van der Waals surface area (Å²) in [4.78, 5) is 8.84. The monoisotopic (exact) mass is 384 g/mol. The molecule has 0 bridgehead atoms. The lowest BCUT2D eigenvalue weighted by molar-refractivity contribution is 0.0662. The first-order valence-electron chi connectivity index (χ1n) is 8.70. The fourth-order valence-corrected chi connectivity index (χ4v) is 3.25. The van der Waals surface area contributed by atoms with E-state index >= 15 is 0 Å². The maximum Gasteiger partial charge on any atom is 0.227 e. The molecule has 0 saturated carbocycles. The summed E-state index contributed by atoms with van der Waals surface area (Å²) in [5, 5.41) is 8.13. The van der Waals surface area contributed by atoms with E-state index in [1.54, 1.807) is 31.6 Å². The standard InChI is InChI=1S/C19H19ClN5O2/c1-26-17-5-3-2-4-16(17)23-19-21-11-15(20)18(24-19)13-10-22-25(12-13)14-6-8-27-9-7-14/h2,4-5,10-12,14H,6-9H2,1H3,(H,21,23,24). The minimum atomic E-state index is 0.343. The summed E-state index contributed by atoms with van der Waals surface area (Å²) in [6.45, 7) is 1.52. The van der Waals surface area contributed by atoms with Gasteiger partial charge < -0.3 is 14.8 Å². The molecule has 2 aromatic heterocycles. The molecule has 0 atom stereocenters. The van der Waals surface area contributed by atoms with Crippen molar-refractivity contribution in [3.63, 3.8) is 0 Å². The molecule has 0 aliphatic carbocycles. The molecule has 139 valence electrons. The van der Waals surface area contributed by atoms with Gasteiger partial charge in [0.2, 0.25) is 5.95 Å². The van der Waals surface area contributed by atoms with Crippen LogP contribution in [0.25, 0.3) is 11.3 Å². The van der Waals surface area contributed by atoms with Crippen LogP contribution in [-0.2, 0) is 4.74 Å². The number of nitrogens with one attached hydrogen (secondary N) is 1. The number of hydrogen-bond donors (Lipinski definition) is 1. The van der Waals surface area contributed by atoms with E-state index in [9.17, 15) is 0 Å². The molecule has 0 spiro atoms. The van der Waals surface area contributed by atoms with Crippen molar-refractivity contribution in [3.05, 3.63) is 47.9 Å². The zero-order valence-electron chi connectivity index (χ0n) is 14.9. The molecule has 1 aromatic carbocycles. The SMILES string of the molecule is COc1c[c]ccc1Nc1ncc(Cl)c(-c2cnn(C3CCOCC3)c2)n1. The fourth-order valence-electron chi connectivity index (χ4n) is 3.05. The van der Waals surface area contributed by atoms with E-state index in [2.05, 4.69) is 26.4 Å². The molecule has 1 N–H and O–H groups in total. The van der Waals surface area contributed by atoms with Crippen LogP contribution in [0.2, 0.25) is 5.02 Å². The van der Waals surface area contributed by atoms with Crippen molar-refractivity contribution >= 4 is 23.2 Å². The molecule has 1 fully saturated rings. The average Bonchev–Trinajstić information content (AvgIpc) is 3.20. The van der Waals surface area contributed by atoms with E-state index in [4.69, 9.17) is 21.1 Å². The molecule has 0 unspecified atom stereocenters. The predicted octanol–water partition coefficient (Wildman–Crippen LogP) is 3.90. The third kappa shape index (κ3) is 3.89. The van der Waals surface area contributed by atoms with Gasteiger partial charge >= 0.3 is 0 Å². The topological polar surface area (TPSA) is 74.1 Å². The number of nitrogens with zero attached hydrogens (tertiary/aromatic N) is 4. The molecule has 3 heterocycles. The van der Waals surface area contributed by atoms with Gasteiger partial charge in [-0.25, -0.2) is 9.97 Å². The van der Waals surface area contributed by atoms with Gasteiger partial charge in [0.25, 0.3) is 0 Å². The van der Waals surface area contributed by atoms with E-state index in [0.29, 0.717) is 28.5 Å². The van der Waals surface area contributed by atoms with Crippen LogP contribution >= 0.6 is 11.6 Å². The maximum absolute atomic E-state index is 6.35. The van der Waals surface area contributed by atoms with Crippen LogP contribution in [0.3, 0.4) is 0 Å². The first-order chi connectivity index (χ1) is 13.2. The van der Waals surface area contributed by atoms with E-state index in [-0.39, 0.29) is 0 Å². The van der Waals surface area contributed by atoms with Crippen molar-refractivity contribution in [1.82, 2.24) is 19.7 Å². The Hall–Kier alpha value is -2.64. The smallest absolute Gasteiger partial charge is 0.227 e. The molecular weight excluding hydrogens is 366 g/mol. The zero-order valence-corrected chi connectivity index (χ0v) is 15.6. The van der Waals surface area contributed by atoms with Gasteiger partial charge in [-0.05, 0) is 31.0 Å².